The monoisotopic (exact) mass is 381 g/mol. The fraction of sp³-hybridized carbons (Fsp3) is 0.471. The average Bonchev–Trinajstić information content (AvgIpc) is 3.05. The third-order valence-electron chi connectivity index (χ3n) is 4.63. The lowest BCUT2D eigenvalue weighted by Gasteiger charge is -2.31. The molecule has 1 aromatic carbocycles. The third kappa shape index (κ3) is 3.48. The molecule has 1 N–H and O–H groups in total. The van der Waals surface area contributed by atoms with Crippen LogP contribution in [0.1, 0.15) is 19.8 Å². The summed E-state index contributed by atoms with van der Waals surface area (Å²) < 4.78 is 0. The third-order valence-corrected chi connectivity index (χ3v) is 6.47. The Morgan fingerprint density at radius 1 is 1.44 bits per heavy atom. The number of hydrogen-bond acceptors (Lipinski definition) is 4. The second kappa shape index (κ2) is 6.88. The number of para-hydroxylation sites is 1. The van der Waals surface area contributed by atoms with Crippen LogP contribution in [0.2, 0.25) is 5.02 Å². The van der Waals surface area contributed by atoms with Crippen molar-refractivity contribution in [3.8, 4) is 0 Å². The Morgan fingerprint density at radius 3 is 2.88 bits per heavy atom. The SMILES string of the molecule is CN(CC(=O)Nc1ccccc1Cl)C(=O)[C@H]1CS[C@]2(C)CCC(=O)N12. The normalized spacial score (nSPS) is 25.0. The number of carbonyl (C=O) groups excluding carboxylic acids is 3. The van der Waals surface area contributed by atoms with Crippen molar-refractivity contribution < 1.29 is 14.4 Å². The van der Waals surface area contributed by atoms with E-state index in [2.05, 4.69) is 5.32 Å². The van der Waals surface area contributed by atoms with Gasteiger partial charge in [0.05, 0.1) is 22.1 Å². The van der Waals surface area contributed by atoms with Crippen molar-refractivity contribution in [2.45, 2.75) is 30.7 Å². The highest BCUT2D eigenvalue weighted by atomic mass is 35.5. The quantitative estimate of drug-likeness (QED) is 0.868. The molecule has 2 aliphatic heterocycles. The molecule has 0 unspecified atom stereocenters. The molecule has 3 amide bonds. The molecule has 0 aliphatic carbocycles. The van der Waals surface area contributed by atoms with Crippen LogP contribution in [-0.4, -0.2) is 57.8 Å². The summed E-state index contributed by atoms with van der Waals surface area (Å²) in [5.41, 5.74) is 0.508. The Hall–Kier alpha value is -1.73. The molecule has 134 valence electrons. The Bertz CT molecular complexity index is 729. The van der Waals surface area contributed by atoms with Crippen molar-refractivity contribution in [1.29, 1.82) is 0 Å². The van der Waals surface area contributed by atoms with Crippen LogP contribution in [0.25, 0.3) is 0 Å². The largest absolute Gasteiger partial charge is 0.335 e. The van der Waals surface area contributed by atoms with Crippen LogP contribution in [0.4, 0.5) is 5.69 Å². The van der Waals surface area contributed by atoms with E-state index in [1.165, 1.54) is 4.90 Å². The summed E-state index contributed by atoms with van der Waals surface area (Å²) in [6.45, 7) is 1.91. The first-order valence-corrected chi connectivity index (χ1v) is 9.44. The van der Waals surface area contributed by atoms with Gasteiger partial charge in [-0.1, -0.05) is 23.7 Å². The maximum absolute atomic E-state index is 12.7. The number of nitrogens with one attached hydrogen (secondary N) is 1. The fourth-order valence-corrected chi connectivity index (χ4v) is 4.91. The first kappa shape index (κ1) is 18.1. The van der Waals surface area contributed by atoms with Gasteiger partial charge >= 0.3 is 0 Å². The van der Waals surface area contributed by atoms with Crippen LogP contribution in [0.5, 0.6) is 0 Å². The van der Waals surface area contributed by atoms with Crippen molar-refractivity contribution in [2.75, 3.05) is 24.7 Å². The molecule has 2 heterocycles. The zero-order valence-electron chi connectivity index (χ0n) is 14.1. The number of halogens is 1. The van der Waals surface area contributed by atoms with E-state index in [0.29, 0.717) is 22.9 Å². The minimum absolute atomic E-state index is 0.0137. The summed E-state index contributed by atoms with van der Waals surface area (Å²) in [6.07, 6.45) is 1.24. The van der Waals surface area contributed by atoms with E-state index in [0.717, 1.165) is 6.42 Å². The first-order chi connectivity index (χ1) is 11.8. The van der Waals surface area contributed by atoms with E-state index in [9.17, 15) is 14.4 Å². The number of likely N-dealkylation sites (N-methyl/N-ethyl adjacent to an activating group) is 1. The number of thioether (sulfide) groups is 1. The molecule has 1 aromatic rings. The number of nitrogens with zero attached hydrogens (tertiary/aromatic N) is 2. The minimum Gasteiger partial charge on any atom is -0.335 e. The lowest BCUT2D eigenvalue weighted by atomic mass is 10.2. The number of carbonyl (C=O) groups is 3. The van der Waals surface area contributed by atoms with Gasteiger partial charge in [0, 0.05) is 19.2 Å². The fourth-order valence-electron chi connectivity index (χ4n) is 3.30. The van der Waals surface area contributed by atoms with Crippen LogP contribution < -0.4 is 5.32 Å². The van der Waals surface area contributed by atoms with Gasteiger partial charge < -0.3 is 15.1 Å². The highest BCUT2D eigenvalue weighted by Crippen LogP contribution is 2.47. The summed E-state index contributed by atoms with van der Waals surface area (Å²) in [7, 11) is 1.58. The van der Waals surface area contributed by atoms with E-state index in [-0.39, 0.29) is 29.1 Å². The Morgan fingerprint density at radius 2 is 2.16 bits per heavy atom. The summed E-state index contributed by atoms with van der Waals surface area (Å²) in [4.78, 5) is 39.9. The standard InChI is InChI=1S/C17H20ClN3O3S/c1-17-8-7-15(23)21(17)13(10-25-17)16(24)20(2)9-14(22)19-12-6-4-3-5-11(12)18/h3-6,13H,7-10H2,1-2H3,(H,19,22)/t13-,17-/m1/s1. The lowest BCUT2D eigenvalue weighted by molar-refractivity contribution is -0.143. The van der Waals surface area contributed by atoms with Gasteiger partial charge in [0.25, 0.3) is 0 Å². The number of amides is 3. The molecule has 2 aliphatic rings. The smallest absolute Gasteiger partial charge is 0.246 e. The zero-order chi connectivity index (χ0) is 18.2. The van der Waals surface area contributed by atoms with Gasteiger partial charge in [-0.3, -0.25) is 14.4 Å². The molecule has 0 bridgehead atoms. The van der Waals surface area contributed by atoms with E-state index < -0.39 is 6.04 Å². The van der Waals surface area contributed by atoms with Crippen molar-refractivity contribution >= 4 is 46.8 Å². The van der Waals surface area contributed by atoms with Gasteiger partial charge in [-0.2, -0.15) is 0 Å². The van der Waals surface area contributed by atoms with Gasteiger partial charge in [-0.15, -0.1) is 11.8 Å². The van der Waals surface area contributed by atoms with Crippen molar-refractivity contribution in [1.82, 2.24) is 9.80 Å². The van der Waals surface area contributed by atoms with Crippen molar-refractivity contribution in [2.24, 2.45) is 0 Å². The summed E-state index contributed by atoms with van der Waals surface area (Å²) in [6, 6.07) is 6.43. The highest BCUT2D eigenvalue weighted by molar-refractivity contribution is 8.01. The summed E-state index contributed by atoms with van der Waals surface area (Å²) in [5, 5.41) is 3.14. The molecular weight excluding hydrogens is 362 g/mol. The van der Waals surface area contributed by atoms with E-state index in [1.807, 2.05) is 6.92 Å². The summed E-state index contributed by atoms with van der Waals surface area (Å²) >= 11 is 7.66. The van der Waals surface area contributed by atoms with E-state index in [1.54, 1.807) is 48.0 Å². The highest BCUT2D eigenvalue weighted by Gasteiger charge is 2.53. The van der Waals surface area contributed by atoms with Gasteiger partial charge in [0.15, 0.2) is 0 Å². The van der Waals surface area contributed by atoms with E-state index >= 15 is 0 Å². The Balaban J connectivity index is 1.62. The minimum atomic E-state index is -0.497. The predicted molar refractivity (Wildman–Crippen MR) is 98.4 cm³/mol. The number of fused-ring (bicyclic) bond motifs is 1. The molecule has 3 rings (SSSR count). The van der Waals surface area contributed by atoms with Crippen molar-refractivity contribution in [3.63, 3.8) is 0 Å². The topological polar surface area (TPSA) is 69.7 Å². The number of anilines is 1. The van der Waals surface area contributed by atoms with E-state index in [4.69, 9.17) is 11.6 Å². The maximum Gasteiger partial charge on any atom is 0.246 e. The molecular formula is C17H20ClN3O3S. The average molecular weight is 382 g/mol. The molecule has 0 saturated carbocycles. The second-order valence-electron chi connectivity index (χ2n) is 6.49. The molecule has 8 heteroatoms. The lowest BCUT2D eigenvalue weighted by Crippen LogP contribution is -2.51. The Kier molecular flexibility index (Phi) is 4.97. The van der Waals surface area contributed by atoms with Gasteiger partial charge in [0.1, 0.15) is 6.04 Å². The molecule has 0 aromatic heterocycles. The number of rotatable bonds is 4. The van der Waals surface area contributed by atoms with Crippen molar-refractivity contribution in [3.05, 3.63) is 29.3 Å². The first-order valence-electron chi connectivity index (χ1n) is 8.07. The van der Waals surface area contributed by atoms with Gasteiger partial charge in [0.2, 0.25) is 17.7 Å². The summed E-state index contributed by atoms with van der Waals surface area (Å²) in [5.74, 6) is 0.0445. The number of hydrogen-bond donors (Lipinski definition) is 1. The van der Waals surface area contributed by atoms with Gasteiger partial charge in [-0.25, -0.2) is 0 Å². The predicted octanol–water partition coefficient (Wildman–Crippen LogP) is 2.19. The molecule has 6 nitrogen and oxygen atoms in total. The molecule has 2 saturated heterocycles. The maximum atomic E-state index is 12.7. The molecule has 0 radical (unpaired) electrons. The molecule has 2 fully saturated rings. The van der Waals surface area contributed by atoms with Gasteiger partial charge in [-0.05, 0) is 25.5 Å². The Labute approximate surface area is 155 Å². The zero-order valence-corrected chi connectivity index (χ0v) is 15.7. The second-order valence-corrected chi connectivity index (χ2v) is 8.40. The molecule has 25 heavy (non-hydrogen) atoms. The van der Waals surface area contributed by atoms with Crippen LogP contribution in [0.3, 0.4) is 0 Å². The van der Waals surface area contributed by atoms with Crippen LogP contribution >= 0.6 is 23.4 Å². The number of benzene rings is 1. The molecule has 0 spiro atoms. The van der Waals surface area contributed by atoms with Crippen LogP contribution in [0, 0.1) is 0 Å². The molecule has 2 atom stereocenters. The van der Waals surface area contributed by atoms with Crippen LogP contribution in [-0.2, 0) is 14.4 Å². The van der Waals surface area contributed by atoms with Crippen LogP contribution in [0.15, 0.2) is 24.3 Å².